The van der Waals surface area contributed by atoms with Gasteiger partial charge in [-0.3, -0.25) is 37.3 Å². The third kappa shape index (κ3) is 76.8. The summed E-state index contributed by atoms with van der Waals surface area (Å²) in [5.41, 5.74) is 0. The fraction of sp³-hybridized carbons (Fsp3) is 0.953. The van der Waals surface area contributed by atoms with E-state index < -0.39 is 97.5 Å². The van der Waals surface area contributed by atoms with E-state index in [-0.39, 0.29) is 25.7 Å². The van der Waals surface area contributed by atoms with Gasteiger partial charge in [0, 0.05) is 25.7 Å². The summed E-state index contributed by atoms with van der Waals surface area (Å²) in [5, 5.41) is 10.7. The minimum Gasteiger partial charge on any atom is -0.462 e. The molecule has 0 fully saturated rings. The second kappa shape index (κ2) is 75.1. The normalized spacial score (nSPS) is 14.2. The van der Waals surface area contributed by atoms with Gasteiger partial charge in [-0.05, 0) is 43.4 Å². The number of aliphatic hydroxyl groups is 1. The number of ether oxygens (including phenoxy) is 4. The average molecular weight is 1520 g/mol. The van der Waals surface area contributed by atoms with Crippen molar-refractivity contribution in [2.24, 2.45) is 17.8 Å². The van der Waals surface area contributed by atoms with Crippen molar-refractivity contribution >= 4 is 39.5 Å². The third-order valence-electron chi connectivity index (χ3n) is 20.2. The molecule has 618 valence electrons. The molecule has 0 bridgehead atoms. The molecule has 0 rings (SSSR count). The molecule has 0 amide bonds. The van der Waals surface area contributed by atoms with Gasteiger partial charge >= 0.3 is 39.5 Å². The Bertz CT molecular complexity index is 2010. The zero-order valence-electron chi connectivity index (χ0n) is 68.5. The topological polar surface area (TPSA) is 237 Å². The highest BCUT2D eigenvalue weighted by Crippen LogP contribution is 2.45. The Balaban J connectivity index is 5.22. The van der Waals surface area contributed by atoms with Gasteiger partial charge in [0.25, 0.3) is 0 Å². The van der Waals surface area contributed by atoms with Crippen LogP contribution in [-0.2, 0) is 65.4 Å². The Morgan fingerprint density at radius 1 is 0.279 bits per heavy atom. The van der Waals surface area contributed by atoms with Gasteiger partial charge in [-0.25, -0.2) is 9.13 Å². The van der Waals surface area contributed by atoms with Crippen molar-refractivity contribution in [1.82, 2.24) is 0 Å². The zero-order valence-corrected chi connectivity index (χ0v) is 70.3. The summed E-state index contributed by atoms with van der Waals surface area (Å²) in [5.74, 6) is 0.341. The third-order valence-corrected chi connectivity index (χ3v) is 22.1. The summed E-state index contributed by atoms with van der Waals surface area (Å²) >= 11 is 0. The second-order valence-electron chi connectivity index (χ2n) is 31.8. The van der Waals surface area contributed by atoms with Gasteiger partial charge in [0.05, 0.1) is 26.4 Å². The molecule has 0 aliphatic carbocycles. The Hall–Kier alpha value is -1.94. The van der Waals surface area contributed by atoms with Crippen LogP contribution in [0.4, 0.5) is 0 Å². The predicted octanol–water partition coefficient (Wildman–Crippen LogP) is 25.7. The summed E-state index contributed by atoms with van der Waals surface area (Å²) in [4.78, 5) is 73.1. The Morgan fingerprint density at radius 3 is 0.731 bits per heavy atom. The number of esters is 4. The number of carbonyl (C=O) groups is 4. The van der Waals surface area contributed by atoms with Crippen molar-refractivity contribution in [1.29, 1.82) is 0 Å². The first kappa shape index (κ1) is 102. The molecule has 0 aromatic rings. The SMILES string of the molecule is CCCCCCCCCCCCC(=O)OC[C@H](COP(=O)(O)OC[C@H](O)COP(=O)(O)OC[C@@H](COC(=O)CCCCCCCCCCCCCCCCC(C)C)OC(=O)CCCCCCCCCCCCCCCCCCCCC(C)CC)OC(=O)CCCCCCCCCCCCCCC(C)C. The molecule has 0 aromatic heterocycles. The largest absolute Gasteiger partial charge is 0.472 e. The van der Waals surface area contributed by atoms with E-state index in [4.69, 9.17) is 37.0 Å². The number of unbranched alkanes of at least 4 members (excludes halogenated alkanes) is 50. The molecule has 0 aliphatic heterocycles. The van der Waals surface area contributed by atoms with E-state index in [1.54, 1.807) is 0 Å². The van der Waals surface area contributed by atoms with Crippen LogP contribution in [0.5, 0.6) is 0 Å². The predicted molar refractivity (Wildman–Crippen MR) is 428 cm³/mol. The summed E-state index contributed by atoms with van der Waals surface area (Å²) in [6.07, 6.45) is 65.2. The fourth-order valence-corrected chi connectivity index (χ4v) is 14.7. The lowest BCUT2D eigenvalue weighted by atomic mass is 9.99. The van der Waals surface area contributed by atoms with Gasteiger partial charge in [-0.1, -0.05) is 395 Å². The smallest absolute Gasteiger partial charge is 0.462 e. The van der Waals surface area contributed by atoms with Crippen molar-refractivity contribution in [3.8, 4) is 0 Å². The van der Waals surface area contributed by atoms with Gasteiger partial charge in [0.1, 0.15) is 19.3 Å². The van der Waals surface area contributed by atoms with Crippen molar-refractivity contribution in [2.75, 3.05) is 39.6 Å². The highest BCUT2D eigenvalue weighted by molar-refractivity contribution is 7.47. The van der Waals surface area contributed by atoms with E-state index in [1.807, 2.05) is 0 Å². The number of aliphatic hydroxyl groups excluding tert-OH is 1. The molecular weight excluding hydrogens is 1350 g/mol. The minimum atomic E-state index is -4.97. The first-order chi connectivity index (χ1) is 50.3. The number of phosphoric acid groups is 2. The lowest BCUT2D eigenvalue weighted by Crippen LogP contribution is -2.30. The van der Waals surface area contributed by atoms with Crippen LogP contribution in [0.2, 0.25) is 0 Å². The molecule has 0 saturated carbocycles. The van der Waals surface area contributed by atoms with Gasteiger partial charge in [0.15, 0.2) is 12.2 Å². The van der Waals surface area contributed by atoms with E-state index in [0.29, 0.717) is 25.7 Å². The van der Waals surface area contributed by atoms with Crippen LogP contribution < -0.4 is 0 Å². The Morgan fingerprint density at radius 2 is 0.490 bits per heavy atom. The van der Waals surface area contributed by atoms with Gasteiger partial charge in [0.2, 0.25) is 0 Å². The molecule has 0 radical (unpaired) electrons. The molecule has 0 saturated heterocycles. The quantitative estimate of drug-likeness (QED) is 0.0222. The minimum absolute atomic E-state index is 0.107. The molecule has 3 unspecified atom stereocenters. The number of rotatable bonds is 83. The first-order valence-electron chi connectivity index (χ1n) is 43.9. The van der Waals surface area contributed by atoms with E-state index >= 15 is 0 Å². The van der Waals surface area contributed by atoms with Crippen LogP contribution >= 0.6 is 15.6 Å². The maximum Gasteiger partial charge on any atom is 0.472 e. The summed E-state index contributed by atoms with van der Waals surface area (Å²) in [7, 11) is -9.93. The van der Waals surface area contributed by atoms with Crippen LogP contribution in [0.1, 0.15) is 447 Å². The molecule has 17 nitrogen and oxygen atoms in total. The Kier molecular flexibility index (Phi) is 73.7. The lowest BCUT2D eigenvalue weighted by Gasteiger charge is -2.21. The molecule has 19 heteroatoms. The molecular formula is C85H166O17P2. The van der Waals surface area contributed by atoms with Crippen LogP contribution in [0.25, 0.3) is 0 Å². The monoisotopic (exact) mass is 1520 g/mol. The van der Waals surface area contributed by atoms with Gasteiger partial charge in [-0.2, -0.15) is 0 Å². The molecule has 0 aromatic carbocycles. The van der Waals surface area contributed by atoms with E-state index in [1.165, 1.54) is 257 Å². The van der Waals surface area contributed by atoms with E-state index in [0.717, 1.165) is 108 Å². The number of carbonyl (C=O) groups excluding carboxylic acids is 4. The zero-order chi connectivity index (χ0) is 76.5. The highest BCUT2D eigenvalue weighted by Gasteiger charge is 2.30. The molecule has 6 atom stereocenters. The standard InChI is InChI=1S/C85H166O17P2/c1-8-10-11-12-13-14-38-45-52-59-66-82(87)95-72-80(101-85(90)69-62-55-48-41-34-28-27-30-36-43-50-57-64-77(5)6)74-99-103(91,92)97-70-79(86)71-98-104(93,94)100-75-81(73-96-83(88)67-60-53-46-39-32-25-22-21-23-29-35-42-49-56-63-76(3)4)102-84(89)68-61-54-47-40-33-26-20-18-16-15-17-19-24-31-37-44-51-58-65-78(7)9-2/h76-81,86H,8-75H2,1-7H3,(H,91,92)(H,93,94)/t78?,79-,80+,81+/m0/s1. The molecule has 104 heavy (non-hydrogen) atoms. The summed E-state index contributed by atoms with van der Waals surface area (Å²) in [6.45, 7) is 12.1. The highest BCUT2D eigenvalue weighted by atomic mass is 31.2. The number of phosphoric ester groups is 2. The van der Waals surface area contributed by atoms with Crippen molar-refractivity contribution in [2.45, 2.75) is 465 Å². The van der Waals surface area contributed by atoms with Crippen molar-refractivity contribution in [3.05, 3.63) is 0 Å². The van der Waals surface area contributed by atoms with Gasteiger partial charge in [-0.15, -0.1) is 0 Å². The second-order valence-corrected chi connectivity index (χ2v) is 34.7. The fourth-order valence-electron chi connectivity index (χ4n) is 13.2. The van der Waals surface area contributed by atoms with Crippen LogP contribution in [0.3, 0.4) is 0 Å². The molecule has 3 N–H and O–H groups in total. The Labute approximate surface area is 638 Å². The van der Waals surface area contributed by atoms with Crippen molar-refractivity contribution in [3.63, 3.8) is 0 Å². The summed E-state index contributed by atoms with van der Waals surface area (Å²) < 4.78 is 68.8. The maximum absolute atomic E-state index is 13.1. The maximum atomic E-state index is 13.1. The van der Waals surface area contributed by atoms with Crippen LogP contribution in [0.15, 0.2) is 0 Å². The van der Waals surface area contributed by atoms with Crippen LogP contribution in [-0.4, -0.2) is 96.7 Å². The number of hydrogen-bond donors (Lipinski definition) is 3. The molecule has 0 spiro atoms. The summed E-state index contributed by atoms with van der Waals surface area (Å²) in [6, 6.07) is 0. The van der Waals surface area contributed by atoms with E-state index in [2.05, 4.69) is 48.5 Å². The van der Waals surface area contributed by atoms with Crippen molar-refractivity contribution < 1.29 is 80.2 Å². The van der Waals surface area contributed by atoms with E-state index in [9.17, 15) is 43.2 Å². The number of hydrogen-bond acceptors (Lipinski definition) is 15. The average Bonchev–Trinajstić information content (AvgIpc) is 0.904. The lowest BCUT2D eigenvalue weighted by molar-refractivity contribution is -0.161. The first-order valence-corrected chi connectivity index (χ1v) is 46.9. The van der Waals surface area contributed by atoms with Gasteiger partial charge < -0.3 is 33.8 Å². The molecule has 0 aliphatic rings. The van der Waals surface area contributed by atoms with Crippen LogP contribution in [0, 0.1) is 17.8 Å². The molecule has 0 heterocycles.